The average molecular weight is 285 g/mol. The number of halogens is 1. The van der Waals surface area contributed by atoms with Gasteiger partial charge in [-0.1, -0.05) is 11.6 Å². The molecule has 0 saturated carbocycles. The number of rotatable bonds is 3. The molecule has 104 valence electrons. The minimum absolute atomic E-state index is 0.220. The number of likely N-dealkylation sites (N-methyl/N-ethyl adjacent to an activating group) is 1. The first-order valence-corrected chi connectivity index (χ1v) is 6.34. The summed E-state index contributed by atoms with van der Waals surface area (Å²) in [6, 6.07) is 1.54. The topological polar surface area (TPSA) is 86.5 Å². The van der Waals surface area contributed by atoms with Crippen LogP contribution in [0.3, 0.4) is 0 Å². The number of amides is 1. The van der Waals surface area contributed by atoms with Crippen molar-refractivity contribution in [2.45, 2.75) is 0 Å². The Morgan fingerprint density at radius 1 is 1.42 bits per heavy atom. The lowest BCUT2D eigenvalue weighted by Gasteiger charge is -2.32. The fourth-order valence-corrected chi connectivity index (χ4v) is 2.02. The molecule has 1 amide bonds. The molecule has 0 atom stereocenters. The normalized spacial score (nSPS) is 17.2. The predicted octanol–water partition coefficient (Wildman–Crippen LogP) is -0.0872. The van der Waals surface area contributed by atoms with Crippen LogP contribution in [-0.4, -0.2) is 54.0 Å². The smallest absolute Gasteiger partial charge is 0.267 e. The number of aromatic nitrogens is 1. The zero-order valence-electron chi connectivity index (χ0n) is 10.7. The molecule has 1 aromatic rings. The molecule has 0 aliphatic carbocycles. The summed E-state index contributed by atoms with van der Waals surface area (Å²) in [6.07, 6.45) is 1.44. The monoisotopic (exact) mass is 284 g/mol. The van der Waals surface area contributed by atoms with Crippen molar-refractivity contribution in [2.75, 3.05) is 38.7 Å². The molecule has 1 fully saturated rings. The molecule has 2 heterocycles. The van der Waals surface area contributed by atoms with Crippen LogP contribution in [-0.2, 0) is 0 Å². The summed E-state index contributed by atoms with van der Waals surface area (Å²) >= 11 is 5.93. The highest BCUT2D eigenvalue weighted by Crippen LogP contribution is 2.18. The van der Waals surface area contributed by atoms with Crippen LogP contribution in [0.4, 0.5) is 5.82 Å². The number of nitrogens with two attached hydrogens (primary N) is 1. The van der Waals surface area contributed by atoms with Gasteiger partial charge in [-0.15, -0.1) is 0 Å². The Morgan fingerprint density at radius 2 is 2.11 bits per heavy atom. The van der Waals surface area contributed by atoms with E-state index in [0.29, 0.717) is 16.4 Å². The second-order valence-corrected chi connectivity index (χ2v) is 4.84. The molecule has 1 saturated heterocycles. The van der Waals surface area contributed by atoms with Crippen molar-refractivity contribution in [3.05, 3.63) is 22.8 Å². The van der Waals surface area contributed by atoms with E-state index in [9.17, 15) is 4.79 Å². The summed E-state index contributed by atoms with van der Waals surface area (Å²) in [5.41, 5.74) is 5.60. The summed E-state index contributed by atoms with van der Waals surface area (Å²) < 4.78 is 0. The van der Waals surface area contributed by atoms with E-state index in [1.807, 2.05) is 5.01 Å². The minimum atomic E-state index is -0.220. The minimum Gasteiger partial charge on any atom is -0.307 e. The van der Waals surface area contributed by atoms with Crippen LogP contribution in [0.2, 0.25) is 5.02 Å². The summed E-state index contributed by atoms with van der Waals surface area (Å²) in [5, 5.41) is 2.21. The molecule has 4 N–H and O–H groups in total. The summed E-state index contributed by atoms with van der Waals surface area (Å²) in [4.78, 5) is 18.2. The Morgan fingerprint density at radius 3 is 2.68 bits per heavy atom. The molecule has 0 spiro atoms. The average Bonchev–Trinajstić information content (AvgIpc) is 2.41. The number of carbonyl (C=O) groups excluding carboxylic acids is 1. The van der Waals surface area contributed by atoms with Gasteiger partial charge in [0.05, 0.1) is 10.6 Å². The molecule has 19 heavy (non-hydrogen) atoms. The number of nitrogen functional groups attached to an aromatic ring is 1. The Labute approximate surface area is 116 Å². The van der Waals surface area contributed by atoms with Crippen LogP contribution < -0.4 is 16.7 Å². The maximum Gasteiger partial charge on any atom is 0.267 e. The largest absolute Gasteiger partial charge is 0.307 e. The van der Waals surface area contributed by atoms with Gasteiger partial charge in [-0.3, -0.25) is 10.2 Å². The zero-order valence-corrected chi connectivity index (χ0v) is 11.4. The number of hydrogen-bond donors (Lipinski definition) is 3. The molecule has 1 aromatic heterocycles. The molecular weight excluding hydrogens is 268 g/mol. The predicted molar refractivity (Wildman–Crippen MR) is 73.6 cm³/mol. The molecule has 8 heteroatoms. The number of nitrogens with one attached hydrogen (secondary N) is 2. The van der Waals surface area contributed by atoms with Crippen molar-refractivity contribution >= 4 is 23.3 Å². The van der Waals surface area contributed by atoms with E-state index in [0.717, 1.165) is 26.2 Å². The van der Waals surface area contributed by atoms with E-state index in [4.69, 9.17) is 17.4 Å². The Hall–Kier alpha value is -1.41. The third-order valence-electron chi connectivity index (χ3n) is 3.00. The highest BCUT2D eigenvalue weighted by Gasteiger charge is 2.17. The van der Waals surface area contributed by atoms with E-state index >= 15 is 0 Å². The Bertz CT molecular complexity index is 460. The lowest BCUT2D eigenvalue weighted by atomic mass is 10.2. The van der Waals surface area contributed by atoms with Crippen molar-refractivity contribution in [3.8, 4) is 0 Å². The quantitative estimate of drug-likeness (QED) is 0.531. The molecule has 0 radical (unpaired) electrons. The lowest BCUT2D eigenvalue weighted by Crippen LogP contribution is -2.52. The second-order valence-electron chi connectivity index (χ2n) is 4.43. The highest BCUT2D eigenvalue weighted by atomic mass is 35.5. The maximum atomic E-state index is 12.0. The standard InChI is InChI=1S/C11H17ClN6O/c1-17-2-4-18(5-3-17)16-11(19)8-6-9(12)10(15-13)14-7-8/h6-7H,2-5,13H2,1H3,(H,14,15)(H,16,19). The number of piperazine rings is 1. The third-order valence-corrected chi connectivity index (χ3v) is 3.29. The number of hydrazine groups is 2. The van der Waals surface area contributed by atoms with Gasteiger partial charge in [0.15, 0.2) is 5.82 Å². The molecule has 1 aliphatic heterocycles. The summed E-state index contributed by atoms with van der Waals surface area (Å²) in [6.45, 7) is 3.45. The van der Waals surface area contributed by atoms with Gasteiger partial charge in [0.2, 0.25) is 0 Å². The molecule has 7 nitrogen and oxygen atoms in total. The maximum absolute atomic E-state index is 12.0. The SMILES string of the molecule is CN1CCN(NC(=O)c2cnc(NN)c(Cl)c2)CC1. The Kier molecular flexibility index (Phi) is 4.54. The van der Waals surface area contributed by atoms with Crippen molar-refractivity contribution in [1.29, 1.82) is 0 Å². The molecule has 2 rings (SSSR count). The fourth-order valence-electron chi connectivity index (χ4n) is 1.79. The summed E-state index contributed by atoms with van der Waals surface area (Å²) in [7, 11) is 2.06. The van der Waals surface area contributed by atoms with Gasteiger partial charge in [0.25, 0.3) is 5.91 Å². The zero-order chi connectivity index (χ0) is 13.8. The lowest BCUT2D eigenvalue weighted by molar-refractivity contribution is 0.0662. The van der Waals surface area contributed by atoms with Crippen LogP contribution in [0.1, 0.15) is 10.4 Å². The van der Waals surface area contributed by atoms with Crippen molar-refractivity contribution in [3.63, 3.8) is 0 Å². The van der Waals surface area contributed by atoms with Crippen molar-refractivity contribution in [1.82, 2.24) is 20.3 Å². The van der Waals surface area contributed by atoms with Gasteiger partial charge in [-0.2, -0.15) is 0 Å². The molecule has 0 aromatic carbocycles. The number of anilines is 1. The van der Waals surface area contributed by atoms with Gasteiger partial charge in [-0.05, 0) is 13.1 Å². The second kappa shape index (κ2) is 6.16. The van der Waals surface area contributed by atoms with Crippen LogP contribution >= 0.6 is 11.6 Å². The van der Waals surface area contributed by atoms with Gasteiger partial charge in [0, 0.05) is 32.4 Å². The van der Waals surface area contributed by atoms with E-state index in [1.165, 1.54) is 12.3 Å². The highest BCUT2D eigenvalue weighted by molar-refractivity contribution is 6.33. The van der Waals surface area contributed by atoms with Gasteiger partial charge >= 0.3 is 0 Å². The van der Waals surface area contributed by atoms with Crippen LogP contribution in [0.5, 0.6) is 0 Å². The first-order valence-electron chi connectivity index (χ1n) is 5.97. The van der Waals surface area contributed by atoms with E-state index in [1.54, 1.807) is 0 Å². The number of hydrogen-bond acceptors (Lipinski definition) is 6. The first kappa shape index (κ1) is 14.0. The van der Waals surface area contributed by atoms with Crippen molar-refractivity contribution < 1.29 is 4.79 Å². The van der Waals surface area contributed by atoms with Gasteiger partial charge in [-0.25, -0.2) is 15.8 Å². The fraction of sp³-hybridized carbons (Fsp3) is 0.455. The number of pyridine rings is 1. The van der Waals surface area contributed by atoms with Crippen LogP contribution in [0.25, 0.3) is 0 Å². The van der Waals surface area contributed by atoms with E-state index in [-0.39, 0.29) is 5.91 Å². The molecular formula is C11H17ClN6O. The van der Waals surface area contributed by atoms with Crippen LogP contribution in [0.15, 0.2) is 12.3 Å². The third kappa shape index (κ3) is 3.54. The molecule has 1 aliphatic rings. The first-order chi connectivity index (χ1) is 9.10. The number of nitrogens with zero attached hydrogens (tertiary/aromatic N) is 3. The van der Waals surface area contributed by atoms with Crippen molar-refractivity contribution in [2.24, 2.45) is 5.84 Å². The van der Waals surface area contributed by atoms with Gasteiger partial charge in [0.1, 0.15) is 0 Å². The molecule has 0 bridgehead atoms. The van der Waals surface area contributed by atoms with E-state index in [2.05, 4.69) is 27.8 Å². The Balaban J connectivity index is 1.98. The molecule has 0 unspecified atom stereocenters. The van der Waals surface area contributed by atoms with Gasteiger partial charge < -0.3 is 10.3 Å². The summed E-state index contributed by atoms with van der Waals surface area (Å²) in [5.74, 6) is 5.35. The van der Waals surface area contributed by atoms with E-state index < -0.39 is 0 Å². The number of carbonyl (C=O) groups is 1. The van der Waals surface area contributed by atoms with Crippen LogP contribution in [0, 0.1) is 0 Å².